The van der Waals surface area contributed by atoms with Crippen molar-refractivity contribution in [3.8, 4) is 10.6 Å². The van der Waals surface area contributed by atoms with E-state index < -0.39 is 28.3 Å². The summed E-state index contributed by atoms with van der Waals surface area (Å²) in [5.41, 5.74) is 1.91. The van der Waals surface area contributed by atoms with Gasteiger partial charge in [0.25, 0.3) is 0 Å². The molecule has 0 unspecified atom stereocenters. The third kappa shape index (κ3) is 5.14. The molecule has 8 heteroatoms. The summed E-state index contributed by atoms with van der Waals surface area (Å²) in [6.07, 6.45) is -3.27. The first kappa shape index (κ1) is 34.2. The topological polar surface area (TPSA) is 46.3 Å². The molecule has 266 valence electrons. The Balaban J connectivity index is 1.50. The minimum Gasteiger partial charge on any atom is -0.422 e. The average molecular weight is 711 g/mol. The average Bonchev–Trinajstić information content (AvgIpc) is 3.46. The smallest absolute Gasteiger partial charge is 0.418 e. The molecule has 4 heterocycles. The molecule has 0 radical (unpaired) electrons. The van der Waals surface area contributed by atoms with Gasteiger partial charge >= 0.3 is 11.8 Å². The number of benzene rings is 4. The minimum absolute atomic E-state index is 0.0214. The Bertz CT molecular complexity index is 2430. The molecular weight excluding hydrogens is 666 g/mol. The second kappa shape index (κ2) is 10.6. The molecule has 4 aromatic carbocycles. The summed E-state index contributed by atoms with van der Waals surface area (Å²) < 4.78 is 53.8. The number of hydrogen-bond acceptors (Lipinski definition) is 5. The van der Waals surface area contributed by atoms with Crippen LogP contribution in [0.15, 0.2) is 51.7 Å². The van der Waals surface area contributed by atoms with Crippen LogP contribution in [0, 0.1) is 0 Å². The Morgan fingerprint density at radius 1 is 0.765 bits per heavy atom. The summed E-state index contributed by atoms with van der Waals surface area (Å²) in [4.78, 5) is 21.4. The zero-order valence-corrected chi connectivity index (χ0v) is 31.9. The van der Waals surface area contributed by atoms with Gasteiger partial charge in [-0.1, -0.05) is 93.5 Å². The number of alkyl halides is 3. The number of thiazole rings is 1. The second-order valence-corrected chi connectivity index (χ2v) is 19.1. The molecule has 0 fully saturated rings. The molecule has 2 aliphatic heterocycles. The van der Waals surface area contributed by atoms with Crippen molar-refractivity contribution >= 4 is 59.8 Å². The maximum Gasteiger partial charge on any atom is 0.418 e. The summed E-state index contributed by atoms with van der Waals surface area (Å²) in [6, 6.07) is 14.3. The van der Waals surface area contributed by atoms with Gasteiger partial charge in [0.1, 0.15) is 16.2 Å². The fourth-order valence-corrected chi connectivity index (χ4v) is 9.53. The van der Waals surface area contributed by atoms with Gasteiger partial charge in [0, 0.05) is 40.5 Å². The quantitative estimate of drug-likeness (QED) is 0.126. The van der Waals surface area contributed by atoms with Crippen LogP contribution in [0.1, 0.15) is 110 Å². The molecule has 2 aromatic heterocycles. The molecule has 0 amide bonds. The van der Waals surface area contributed by atoms with Crippen LogP contribution < -0.4 is 10.5 Å². The molecule has 0 bridgehead atoms. The van der Waals surface area contributed by atoms with Crippen molar-refractivity contribution in [2.45, 2.75) is 110 Å². The van der Waals surface area contributed by atoms with Crippen molar-refractivity contribution in [3.63, 3.8) is 0 Å². The summed E-state index contributed by atoms with van der Waals surface area (Å²) in [5, 5.41) is 3.73. The molecule has 8 rings (SSSR count). The Morgan fingerprint density at radius 3 is 1.92 bits per heavy atom. The molecule has 0 saturated heterocycles. The van der Waals surface area contributed by atoms with Gasteiger partial charge in [-0.2, -0.15) is 13.2 Å². The maximum atomic E-state index is 15.6. The number of nitrogens with zero attached hydrogens (tertiary/aromatic N) is 2. The number of aromatic nitrogens is 1. The van der Waals surface area contributed by atoms with Crippen molar-refractivity contribution < 1.29 is 17.6 Å². The highest BCUT2D eigenvalue weighted by atomic mass is 32.1. The van der Waals surface area contributed by atoms with Crippen molar-refractivity contribution in [3.05, 3.63) is 80.7 Å². The predicted octanol–water partition coefficient (Wildman–Crippen LogP) is 12.2. The number of fused-ring (bicyclic) bond motifs is 8. The first-order valence-electron chi connectivity index (χ1n) is 17.9. The van der Waals surface area contributed by atoms with Crippen LogP contribution in [0.4, 0.5) is 18.9 Å². The van der Waals surface area contributed by atoms with Crippen LogP contribution in [0.5, 0.6) is 0 Å². The van der Waals surface area contributed by atoms with E-state index >= 15 is 13.2 Å². The zero-order chi connectivity index (χ0) is 36.8. The lowest BCUT2D eigenvalue weighted by Crippen LogP contribution is -2.45. The Kier molecular flexibility index (Phi) is 7.10. The van der Waals surface area contributed by atoms with Gasteiger partial charge in [0.15, 0.2) is 0 Å². The molecule has 0 N–H and O–H groups in total. The second-order valence-electron chi connectivity index (χ2n) is 18.1. The molecule has 2 aliphatic rings. The van der Waals surface area contributed by atoms with Gasteiger partial charge in [-0.25, -0.2) is 9.78 Å². The molecule has 0 atom stereocenters. The lowest BCUT2D eigenvalue weighted by Gasteiger charge is -2.48. The molecule has 0 saturated carbocycles. The van der Waals surface area contributed by atoms with Gasteiger partial charge in [0.05, 0.1) is 15.8 Å². The van der Waals surface area contributed by atoms with Gasteiger partial charge in [-0.15, -0.1) is 11.3 Å². The molecule has 0 aliphatic carbocycles. The van der Waals surface area contributed by atoms with Gasteiger partial charge in [-0.3, -0.25) is 0 Å². The number of hydrogen-bond donors (Lipinski definition) is 0. The van der Waals surface area contributed by atoms with Gasteiger partial charge < -0.3 is 9.32 Å². The van der Waals surface area contributed by atoms with Crippen molar-refractivity contribution in [2.75, 3.05) is 18.0 Å². The van der Waals surface area contributed by atoms with Crippen LogP contribution >= 0.6 is 11.3 Å². The van der Waals surface area contributed by atoms with E-state index in [0.717, 1.165) is 85.9 Å². The molecular formula is C43H45F3N2O2S. The number of anilines is 1. The summed E-state index contributed by atoms with van der Waals surface area (Å²) in [5.74, 6) is 0. The fraction of sp³-hybridized carbons (Fsp3) is 0.442. The SMILES string of the molecule is CC(C)(C)c1ccc2c(c1)c1cc(C(C)(C)C)ccc1c1sc(-c3c(C(F)(F)F)c4cc5c6c(c4oc3=O)C(C)(C)CCN6CCC5(C)C)nc21. The fourth-order valence-electron chi connectivity index (χ4n) is 8.38. The third-order valence-electron chi connectivity index (χ3n) is 11.6. The van der Waals surface area contributed by atoms with E-state index in [9.17, 15) is 4.79 Å². The van der Waals surface area contributed by atoms with E-state index in [-0.39, 0.29) is 32.2 Å². The molecule has 4 nitrogen and oxygen atoms in total. The zero-order valence-electron chi connectivity index (χ0n) is 31.1. The molecule has 0 spiro atoms. The maximum absolute atomic E-state index is 15.6. The van der Waals surface area contributed by atoms with Crippen LogP contribution in [0.2, 0.25) is 0 Å². The first-order chi connectivity index (χ1) is 23.6. The largest absolute Gasteiger partial charge is 0.422 e. The van der Waals surface area contributed by atoms with Crippen LogP contribution in [0.25, 0.3) is 53.3 Å². The Morgan fingerprint density at radius 2 is 1.33 bits per heavy atom. The molecule has 6 aromatic rings. The summed E-state index contributed by atoms with van der Waals surface area (Å²) >= 11 is 1.14. The normalized spacial score (nSPS) is 17.5. The Hall–Kier alpha value is -3.91. The standard InChI is InChI=1S/C43H45F3N2O2S/c1-39(2,3)22-11-13-24-26(19-22)27-20-23(40(4,5)6)12-14-25(27)36-33(24)47-37(51-36)30-31(43(44,45)46)28-21-29-34-32(35(28)50-38(30)49)42(9,10)16-18-48(34)17-15-41(29,7)8/h11-14,19-21H,15-18H2,1-10H3. The minimum atomic E-state index is -4.84. The lowest BCUT2D eigenvalue weighted by atomic mass is 9.69. The van der Waals surface area contributed by atoms with Crippen LogP contribution in [-0.2, 0) is 27.8 Å². The van der Waals surface area contributed by atoms with E-state index in [1.54, 1.807) is 6.07 Å². The third-order valence-corrected chi connectivity index (χ3v) is 12.7. The van der Waals surface area contributed by atoms with E-state index in [1.165, 1.54) is 0 Å². The number of halogens is 3. The monoisotopic (exact) mass is 710 g/mol. The van der Waals surface area contributed by atoms with Crippen molar-refractivity contribution in [1.29, 1.82) is 0 Å². The van der Waals surface area contributed by atoms with Gasteiger partial charge in [-0.05, 0) is 80.2 Å². The van der Waals surface area contributed by atoms with Crippen LogP contribution in [0.3, 0.4) is 0 Å². The van der Waals surface area contributed by atoms with Crippen molar-refractivity contribution in [2.24, 2.45) is 0 Å². The summed E-state index contributed by atoms with van der Waals surface area (Å²) in [7, 11) is 0. The Labute approximate surface area is 300 Å². The van der Waals surface area contributed by atoms with E-state index in [4.69, 9.17) is 9.40 Å². The van der Waals surface area contributed by atoms with E-state index in [0.29, 0.717) is 11.1 Å². The van der Waals surface area contributed by atoms with Crippen molar-refractivity contribution in [1.82, 2.24) is 4.98 Å². The highest BCUT2D eigenvalue weighted by Crippen LogP contribution is 2.54. The van der Waals surface area contributed by atoms with E-state index in [2.05, 4.69) is 90.6 Å². The predicted molar refractivity (Wildman–Crippen MR) is 206 cm³/mol. The highest BCUT2D eigenvalue weighted by Gasteiger charge is 2.46. The van der Waals surface area contributed by atoms with Gasteiger partial charge in [0.2, 0.25) is 0 Å². The first-order valence-corrected chi connectivity index (χ1v) is 18.7. The summed E-state index contributed by atoms with van der Waals surface area (Å²) in [6.45, 7) is 22.9. The molecule has 51 heavy (non-hydrogen) atoms. The van der Waals surface area contributed by atoms with E-state index in [1.807, 2.05) is 19.9 Å². The number of rotatable bonds is 1. The highest BCUT2D eigenvalue weighted by molar-refractivity contribution is 7.22. The lowest BCUT2D eigenvalue weighted by molar-refractivity contribution is -0.136. The van der Waals surface area contributed by atoms with Crippen LogP contribution in [-0.4, -0.2) is 18.1 Å².